The van der Waals surface area contributed by atoms with Gasteiger partial charge in [-0.05, 0) is 43.4 Å². The molecule has 14 heteroatoms. The van der Waals surface area contributed by atoms with Gasteiger partial charge in [-0.2, -0.15) is 0 Å². The normalized spacial score (nSPS) is 24.9. The SMILES string of the molecule is C=CCCC(=O)OC[C@@H](NC(=O)[C@@H]1[C@H]2O[C@@]3(CC2Br)[C@H](C(=O)N(CC=C)Cn2nnc4ccccc42)N(CCCCCCO)C(=O)[C@@H]13)c1ccccc1. The van der Waals surface area contributed by atoms with E-state index < -0.39 is 47.5 Å². The Morgan fingerprint density at radius 3 is 2.60 bits per heavy atom. The van der Waals surface area contributed by atoms with Crippen LogP contribution in [-0.2, 0) is 35.3 Å². The number of allylic oxidation sites excluding steroid dienone is 1. The van der Waals surface area contributed by atoms with Crippen LogP contribution in [0.2, 0.25) is 0 Å². The van der Waals surface area contributed by atoms with Gasteiger partial charge in [0, 0.05) is 30.9 Å². The number of aromatic nitrogens is 3. The van der Waals surface area contributed by atoms with Gasteiger partial charge in [0.05, 0.1) is 29.5 Å². The molecule has 0 aliphatic carbocycles. The number of carbonyl (C=O) groups is 4. The second-order valence-electron chi connectivity index (χ2n) is 13.9. The maximum atomic E-state index is 14.9. The van der Waals surface area contributed by atoms with Gasteiger partial charge in [0.2, 0.25) is 17.7 Å². The number of nitrogens with zero attached hydrogens (tertiary/aromatic N) is 5. The van der Waals surface area contributed by atoms with E-state index in [0.717, 1.165) is 23.9 Å². The molecule has 3 amide bonds. The number of esters is 1. The number of para-hydroxylation sites is 1. The zero-order chi connectivity index (χ0) is 37.5. The Hall–Kier alpha value is -4.40. The lowest BCUT2D eigenvalue weighted by Crippen LogP contribution is -2.57. The van der Waals surface area contributed by atoms with Gasteiger partial charge in [0.25, 0.3) is 0 Å². The molecule has 1 unspecified atom stereocenters. The number of hydrogen-bond donors (Lipinski definition) is 2. The van der Waals surface area contributed by atoms with Crippen LogP contribution >= 0.6 is 15.9 Å². The zero-order valence-electron chi connectivity index (χ0n) is 29.7. The minimum atomic E-state index is -1.27. The lowest BCUT2D eigenvalue weighted by molar-refractivity contribution is -0.149. The first-order chi connectivity index (χ1) is 25.7. The molecule has 3 fully saturated rings. The number of nitrogens with one attached hydrogen (secondary N) is 1. The largest absolute Gasteiger partial charge is 0.463 e. The Morgan fingerprint density at radius 1 is 1.09 bits per heavy atom. The quantitative estimate of drug-likeness (QED) is 0.0792. The number of rotatable bonds is 19. The smallest absolute Gasteiger partial charge is 0.306 e. The van der Waals surface area contributed by atoms with Crippen LogP contribution in [0.1, 0.15) is 56.6 Å². The molecule has 6 rings (SSSR count). The second kappa shape index (κ2) is 17.2. The third-order valence-electron chi connectivity index (χ3n) is 10.5. The first-order valence-electron chi connectivity index (χ1n) is 18.3. The Labute approximate surface area is 317 Å². The first kappa shape index (κ1) is 38.3. The average molecular weight is 792 g/mol. The summed E-state index contributed by atoms with van der Waals surface area (Å²) in [7, 11) is 0. The van der Waals surface area contributed by atoms with Crippen molar-refractivity contribution in [3.05, 3.63) is 85.5 Å². The highest BCUT2D eigenvalue weighted by molar-refractivity contribution is 9.09. The average Bonchev–Trinajstić information content (AvgIpc) is 3.89. The molecule has 1 aromatic heterocycles. The molecular formula is C39H47BrN6O7. The Balaban J connectivity index is 1.30. The number of ether oxygens (including phenoxy) is 2. The third kappa shape index (κ3) is 7.81. The summed E-state index contributed by atoms with van der Waals surface area (Å²) >= 11 is 3.76. The van der Waals surface area contributed by atoms with Gasteiger partial charge in [-0.1, -0.05) is 88.6 Å². The molecule has 3 aliphatic rings. The number of halogens is 1. The van der Waals surface area contributed by atoms with E-state index in [0.29, 0.717) is 31.2 Å². The monoisotopic (exact) mass is 790 g/mol. The van der Waals surface area contributed by atoms with Gasteiger partial charge in [-0.15, -0.1) is 18.3 Å². The molecule has 3 saturated heterocycles. The summed E-state index contributed by atoms with van der Waals surface area (Å²) in [4.78, 5) is 59.4. The van der Waals surface area contributed by atoms with Crippen LogP contribution in [0.3, 0.4) is 0 Å². The Morgan fingerprint density at radius 2 is 1.85 bits per heavy atom. The number of fused-ring (bicyclic) bond motifs is 2. The minimum Gasteiger partial charge on any atom is -0.463 e. The van der Waals surface area contributed by atoms with Crippen molar-refractivity contribution in [2.24, 2.45) is 11.8 Å². The second-order valence-corrected chi connectivity index (χ2v) is 15.1. The van der Waals surface area contributed by atoms with Gasteiger partial charge in [-0.3, -0.25) is 19.2 Å². The molecule has 282 valence electrons. The fourth-order valence-corrected chi connectivity index (χ4v) is 9.01. The van der Waals surface area contributed by atoms with Crippen LogP contribution in [0.25, 0.3) is 11.0 Å². The van der Waals surface area contributed by atoms with Crippen LogP contribution in [0.5, 0.6) is 0 Å². The lowest BCUT2D eigenvalue weighted by Gasteiger charge is -2.37. The number of aliphatic hydroxyl groups is 1. The van der Waals surface area contributed by atoms with Crippen LogP contribution in [-0.4, -0.2) is 102 Å². The van der Waals surface area contributed by atoms with Crippen LogP contribution < -0.4 is 5.32 Å². The fraction of sp³-hybridized carbons (Fsp3) is 0.487. The van der Waals surface area contributed by atoms with Crippen molar-refractivity contribution in [2.45, 2.75) is 80.2 Å². The predicted octanol–water partition coefficient (Wildman–Crippen LogP) is 4.07. The van der Waals surface area contributed by atoms with Crippen LogP contribution in [0.15, 0.2) is 79.9 Å². The van der Waals surface area contributed by atoms with E-state index in [-0.39, 0.29) is 56.0 Å². The summed E-state index contributed by atoms with van der Waals surface area (Å²) in [5, 5.41) is 20.9. The van der Waals surface area contributed by atoms with Gasteiger partial charge in [0.1, 0.15) is 30.4 Å². The van der Waals surface area contributed by atoms with Crippen molar-refractivity contribution in [1.29, 1.82) is 0 Å². The Kier molecular flexibility index (Phi) is 12.4. The van der Waals surface area contributed by atoms with Crippen molar-refractivity contribution in [2.75, 3.05) is 26.3 Å². The lowest BCUT2D eigenvalue weighted by atomic mass is 9.70. The molecule has 7 atom stereocenters. The molecule has 1 spiro atoms. The summed E-state index contributed by atoms with van der Waals surface area (Å²) in [5.41, 5.74) is 0.904. The minimum absolute atomic E-state index is 0.0660. The van der Waals surface area contributed by atoms with Gasteiger partial charge in [-0.25, -0.2) is 4.68 Å². The highest BCUT2D eigenvalue weighted by Crippen LogP contribution is 2.60. The van der Waals surface area contributed by atoms with E-state index in [1.165, 1.54) is 0 Å². The van der Waals surface area contributed by atoms with Crippen molar-refractivity contribution in [1.82, 2.24) is 30.1 Å². The zero-order valence-corrected chi connectivity index (χ0v) is 31.3. The molecular weight excluding hydrogens is 744 g/mol. The molecule has 2 aromatic carbocycles. The summed E-state index contributed by atoms with van der Waals surface area (Å²) in [6.45, 7) is 8.07. The highest BCUT2D eigenvalue weighted by Gasteiger charge is 2.76. The van der Waals surface area contributed by atoms with E-state index >= 15 is 0 Å². The van der Waals surface area contributed by atoms with Crippen molar-refractivity contribution in [3.63, 3.8) is 0 Å². The van der Waals surface area contributed by atoms with E-state index in [2.05, 4.69) is 44.7 Å². The van der Waals surface area contributed by atoms with E-state index in [1.807, 2.05) is 54.6 Å². The molecule has 3 aromatic rings. The van der Waals surface area contributed by atoms with Gasteiger partial charge >= 0.3 is 5.97 Å². The van der Waals surface area contributed by atoms with Crippen LogP contribution in [0, 0.1) is 11.8 Å². The molecule has 0 saturated carbocycles. The molecule has 0 radical (unpaired) electrons. The molecule has 4 heterocycles. The molecule has 2 bridgehead atoms. The number of hydrogen-bond acceptors (Lipinski definition) is 9. The summed E-state index contributed by atoms with van der Waals surface area (Å²) < 4.78 is 14.0. The molecule has 53 heavy (non-hydrogen) atoms. The van der Waals surface area contributed by atoms with Crippen LogP contribution in [0.4, 0.5) is 0 Å². The number of benzene rings is 2. The van der Waals surface area contributed by atoms with Crippen molar-refractivity contribution in [3.8, 4) is 0 Å². The maximum absolute atomic E-state index is 14.9. The number of alkyl halides is 1. The van der Waals surface area contributed by atoms with Gasteiger partial charge < -0.3 is 29.7 Å². The van der Waals surface area contributed by atoms with E-state index in [1.54, 1.807) is 26.6 Å². The standard InChI is InChI=1S/C39H47BrN6O7/c1-3-5-19-31(48)52-24-29(26-15-9-8-10-16-26)41-36(49)32-33-37(50)45(21-13-6-7-14-22-47)35(39(33)23-27(40)34(32)53-39)38(51)44(20-4-2)25-46-30-18-12-11-17-28(30)42-43-46/h3-4,8-12,15-18,27,29,32-35,47H,1-2,5-7,13-14,19-25H2,(H,41,49)/t27?,29-,32+,33-,34+,35+,39-/m1/s1. The van der Waals surface area contributed by atoms with Crippen molar-refractivity contribution < 1.29 is 33.8 Å². The maximum Gasteiger partial charge on any atom is 0.306 e. The Bertz CT molecular complexity index is 1800. The summed E-state index contributed by atoms with van der Waals surface area (Å²) in [6, 6.07) is 15.0. The molecule has 3 aliphatic heterocycles. The summed E-state index contributed by atoms with van der Waals surface area (Å²) in [6.07, 6.45) is 6.38. The summed E-state index contributed by atoms with van der Waals surface area (Å²) in [5.74, 6) is -3.28. The van der Waals surface area contributed by atoms with E-state index in [9.17, 15) is 24.3 Å². The highest BCUT2D eigenvalue weighted by atomic mass is 79.9. The topological polar surface area (TPSA) is 156 Å². The number of carbonyl (C=O) groups excluding carboxylic acids is 4. The predicted molar refractivity (Wildman–Crippen MR) is 200 cm³/mol. The molecule has 13 nitrogen and oxygen atoms in total. The molecule has 2 N–H and O–H groups in total. The third-order valence-corrected chi connectivity index (χ3v) is 11.3. The van der Waals surface area contributed by atoms with Crippen molar-refractivity contribution >= 4 is 50.7 Å². The first-order valence-corrected chi connectivity index (χ1v) is 19.2. The number of aliphatic hydroxyl groups excluding tert-OH is 1. The number of amides is 3. The van der Waals surface area contributed by atoms with Gasteiger partial charge in [0.15, 0.2) is 0 Å². The number of likely N-dealkylation sites (tertiary alicyclic amines) is 1. The van der Waals surface area contributed by atoms with E-state index in [4.69, 9.17) is 9.47 Å². The number of unbranched alkanes of at least 4 members (excludes halogenated alkanes) is 3. The fourth-order valence-electron chi connectivity index (χ4n) is 8.07.